The third kappa shape index (κ3) is 2.77. The fourth-order valence-corrected chi connectivity index (χ4v) is 4.08. The molecule has 0 aromatic heterocycles. The third-order valence-electron chi connectivity index (χ3n) is 5.46. The molecule has 2 heterocycles. The molecule has 0 unspecified atom stereocenters. The van der Waals surface area contributed by atoms with Gasteiger partial charge in [0.05, 0.1) is 6.61 Å². The second-order valence-corrected chi connectivity index (χ2v) is 7.89. The number of likely N-dealkylation sites (tertiary alicyclic amines) is 1. The summed E-state index contributed by atoms with van der Waals surface area (Å²) in [5, 5.41) is 0. The van der Waals surface area contributed by atoms with Gasteiger partial charge in [0.1, 0.15) is 0 Å². The van der Waals surface area contributed by atoms with Crippen LogP contribution in [0.25, 0.3) is 0 Å². The number of methoxy groups -OCH3 is 1. The lowest BCUT2D eigenvalue weighted by Crippen LogP contribution is -2.49. The Hall–Kier alpha value is -1.06. The number of piperidine rings is 1. The van der Waals surface area contributed by atoms with Crippen molar-refractivity contribution in [1.82, 2.24) is 4.90 Å². The molecule has 122 valence electrons. The van der Waals surface area contributed by atoms with Gasteiger partial charge in [0.2, 0.25) is 0 Å². The van der Waals surface area contributed by atoms with Gasteiger partial charge in [-0.1, -0.05) is 18.2 Å². The minimum atomic E-state index is 0.187. The smallest absolute Gasteiger partial charge is 0.0589 e. The quantitative estimate of drug-likeness (QED) is 0.852. The minimum absolute atomic E-state index is 0.187. The maximum atomic E-state index is 5.23. The highest BCUT2D eigenvalue weighted by Gasteiger charge is 2.46. The van der Waals surface area contributed by atoms with Crippen LogP contribution in [0.5, 0.6) is 0 Å². The number of hydrogen-bond donors (Lipinski definition) is 0. The van der Waals surface area contributed by atoms with E-state index in [1.54, 1.807) is 12.7 Å². The van der Waals surface area contributed by atoms with E-state index in [-0.39, 0.29) is 5.54 Å². The van der Waals surface area contributed by atoms with Crippen molar-refractivity contribution in [3.63, 3.8) is 0 Å². The zero-order chi connectivity index (χ0) is 15.8. The van der Waals surface area contributed by atoms with E-state index in [9.17, 15) is 0 Å². The van der Waals surface area contributed by atoms with Gasteiger partial charge >= 0.3 is 0 Å². The Kier molecular flexibility index (Phi) is 4.21. The van der Waals surface area contributed by atoms with Crippen LogP contribution in [-0.2, 0) is 10.2 Å². The third-order valence-corrected chi connectivity index (χ3v) is 5.46. The van der Waals surface area contributed by atoms with Crippen LogP contribution in [0.1, 0.15) is 39.2 Å². The summed E-state index contributed by atoms with van der Waals surface area (Å²) in [6, 6.07) is 9.08. The first-order chi connectivity index (χ1) is 10.5. The van der Waals surface area contributed by atoms with Crippen LogP contribution in [0, 0.1) is 0 Å². The first-order valence-electron chi connectivity index (χ1n) is 8.55. The molecule has 3 heteroatoms. The fraction of sp³-hybridized carbons (Fsp3) is 0.684. The summed E-state index contributed by atoms with van der Waals surface area (Å²) in [5.41, 5.74) is 3.58. The van der Waals surface area contributed by atoms with Gasteiger partial charge in [0, 0.05) is 36.8 Å². The molecule has 1 fully saturated rings. The average molecular weight is 302 g/mol. The number of rotatable bonds is 3. The molecule has 0 amide bonds. The predicted octanol–water partition coefficient (Wildman–Crippen LogP) is 3.29. The van der Waals surface area contributed by atoms with Crippen LogP contribution in [0.15, 0.2) is 24.3 Å². The van der Waals surface area contributed by atoms with E-state index in [1.165, 1.54) is 38.2 Å². The highest BCUT2D eigenvalue weighted by Crippen LogP contribution is 2.48. The summed E-state index contributed by atoms with van der Waals surface area (Å²) < 4.78 is 5.23. The van der Waals surface area contributed by atoms with Gasteiger partial charge in [-0.25, -0.2) is 0 Å². The summed E-state index contributed by atoms with van der Waals surface area (Å²) in [7, 11) is 1.79. The Morgan fingerprint density at radius 1 is 1.14 bits per heavy atom. The monoisotopic (exact) mass is 302 g/mol. The van der Waals surface area contributed by atoms with Crippen molar-refractivity contribution in [2.75, 3.05) is 44.8 Å². The molecule has 1 aromatic carbocycles. The SMILES string of the molecule is COCCN1CCC2(CC1)CN(C(C)(C)C)c1ccccc12. The molecule has 3 rings (SSSR count). The zero-order valence-corrected chi connectivity index (χ0v) is 14.6. The largest absolute Gasteiger partial charge is 0.383 e. The number of hydrogen-bond acceptors (Lipinski definition) is 3. The number of para-hydroxylation sites is 1. The van der Waals surface area contributed by atoms with Crippen molar-refractivity contribution in [1.29, 1.82) is 0 Å². The van der Waals surface area contributed by atoms with Crippen LogP contribution in [0.4, 0.5) is 5.69 Å². The first-order valence-corrected chi connectivity index (χ1v) is 8.55. The van der Waals surface area contributed by atoms with Gasteiger partial charge in [-0.3, -0.25) is 0 Å². The average Bonchev–Trinajstić information content (AvgIpc) is 2.82. The van der Waals surface area contributed by atoms with Crippen LogP contribution >= 0.6 is 0 Å². The van der Waals surface area contributed by atoms with Crippen molar-refractivity contribution < 1.29 is 4.74 Å². The van der Waals surface area contributed by atoms with Crippen LogP contribution < -0.4 is 4.90 Å². The Morgan fingerprint density at radius 3 is 2.45 bits per heavy atom. The normalized spacial score (nSPS) is 21.4. The first kappa shape index (κ1) is 15.8. The lowest BCUT2D eigenvalue weighted by atomic mass is 9.74. The molecule has 2 aliphatic heterocycles. The summed E-state index contributed by atoms with van der Waals surface area (Å²) in [5.74, 6) is 0. The Balaban J connectivity index is 1.81. The van der Waals surface area contributed by atoms with Crippen LogP contribution in [0.3, 0.4) is 0 Å². The Bertz CT molecular complexity index is 512. The van der Waals surface area contributed by atoms with Crippen molar-refractivity contribution in [2.24, 2.45) is 0 Å². The van der Waals surface area contributed by atoms with Crippen molar-refractivity contribution in [3.05, 3.63) is 29.8 Å². The van der Waals surface area contributed by atoms with Gasteiger partial charge in [-0.2, -0.15) is 0 Å². The number of benzene rings is 1. The molecule has 0 atom stereocenters. The van der Waals surface area contributed by atoms with Gasteiger partial charge in [-0.15, -0.1) is 0 Å². The molecule has 0 radical (unpaired) electrons. The highest BCUT2D eigenvalue weighted by atomic mass is 16.5. The lowest BCUT2D eigenvalue weighted by molar-refractivity contribution is 0.112. The predicted molar refractivity (Wildman–Crippen MR) is 92.8 cm³/mol. The van der Waals surface area contributed by atoms with Crippen LogP contribution in [0.2, 0.25) is 0 Å². The van der Waals surface area contributed by atoms with Gasteiger partial charge < -0.3 is 14.5 Å². The summed E-state index contributed by atoms with van der Waals surface area (Å²) >= 11 is 0. The maximum Gasteiger partial charge on any atom is 0.0589 e. The number of nitrogens with zero attached hydrogens (tertiary/aromatic N) is 2. The molecular formula is C19H30N2O. The number of fused-ring (bicyclic) bond motifs is 2. The van der Waals surface area contributed by atoms with E-state index >= 15 is 0 Å². The highest BCUT2D eigenvalue weighted by molar-refractivity contribution is 5.64. The maximum absolute atomic E-state index is 5.23. The molecule has 1 spiro atoms. The molecule has 0 N–H and O–H groups in total. The Labute approximate surface area is 135 Å². The molecule has 2 aliphatic rings. The van der Waals surface area contributed by atoms with E-state index in [0.29, 0.717) is 5.41 Å². The second kappa shape index (κ2) is 5.86. The fourth-order valence-electron chi connectivity index (χ4n) is 4.08. The molecule has 0 aliphatic carbocycles. The Morgan fingerprint density at radius 2 is 1.82 bits per heavy atom. The standard InChI is InChI=1S/C19H30N2O/c1-18(2,3)21-15-19(16-7-5-6-8-17(16)21)9-11-20(12-10-19)13-14-22-4/h5-8H,9-15H2,1-4H3. The molecule has 3 nitrogen and oxygen atoms in total. The van der Waals surface area contributed by atoms with Crippen molar-refractivity contribution in [3.8, 4) is 0 Å². The van der Waals surface area contributed by atoms with E-state index < -0.39 is 0 Å². The van der Waals surface area contributed by atoms with Gasteiger partial charge in [-0.05, 0) is 58.3 Å². The zero-order valence-electron chi connectivity index (χ0n) is 14.6. The topological polar surface area (TPSA) is 15.7 Å². The van der Waals surface area contributed by atoms with E-state index in [4.69, 9.17) is 4.74 Å². The number of anilines is 1. The minimum Gasteiger partial charge on any atom is -0.383 e. The summed E-state index contributed by atoms with van der Waals surface area (Å²) in [6.07, 6.45) is 2.53. The summed E-state index contributed by atoms with van der Waals surface area (Å²) in [6.45, 7) is 12.5. The molecule has 1 aromatic rings. The van der Waals surface area contributed by atoms with Crippen molar-refractivity contribution in [2.45, 2.75) is 44.6 Å². The number of ether oxygens (including phenoxy) is 1. The molecular weight excluding hydrogens is 272 g/mol. The van der Waals surface area contributed by atoms with E-state index in [2.05, 4.69) is 54.8 Å². The molecule has 22 heavy (non-hydrogen) atoms. The second-order valence-electron chi connectivity index (χ2n) is 7.89. The lowest BCUT2D eigenvalue weighted by Gasteiger charge is -2.42. The van der Waals surface area contributed by atoms with Gasteiger partial charge in [0.25, 0.3) is 0 Å². The molecule has 0 bridgehead atoms. The van der Waals surface area contributed by atoms with Crippen molar-refractivity contribution >= 4 is 5.69 Å². The van der Waals surface area contributed by atoms with Crippen LogP contribution in [-0.4, -0.2) is 50.3 Å². The summed E-state index contributed by atoms with van der Waals surface area (Å²) in [4.78, 5) is 5.17. The van der Waals surface area contributed by atoms with E-state index in [1.807, 2.05) is 0 Å². The van der Waals surface area contributed by atoms with Gasteiger partial charge in [0.15, 0.2) is 0 Å². The molecule has 0 saturated carbocycles. The molecule has 1 saturated heterocycles. The van der Waals surface area contributed by atoms with E-state index in [0.717, 1.165) is 13.2 Å².